The van der Waals surface area contributed by atoms with Crippen LogP contribution in [0, 0.1) is 0 Å². The fraction of sp³-hybridized carbons (Fsp3) is 0. The fourth-order valence-corrected chi connectivity index (χ4v) is 0. The SMILES string of the molecule is F.[Ca+2].[Ca+2].[F-].[F-].[H-].[H-]. The molecule has 0 spiro atoms. The van der Waals surface area contributed by atoms with Crippen molar-refractivity contribution in [3.8, 4) is 0 Å². The molecule has 0 aromatic heterocycles. The van der Waals surface area contributed by atoms with Gasteiger partial charge in [-0.05, 0) is 0 Å². The molecule has 0 heterocycles. The van der Waals surface area contributed by atoms with Crippen LogP contribution in [0.15, 0.2) is 0 Å². The van der Waals surface area contributed by atoms with Crippen molar-refractivity contribution < 1.29 is 17.0 Å². The first-order valence-corrected chi connectivity index (χ1v) is 0. The summed E-state index contributed by atoms with van der Waals surface area (Å²) in [6.07, 6.45) is 0. The van der Waals surface area contributed by atoms with Gasteiger partial charge in [-0.1, -0.05) is 0 Å². The Morgan fingerprint density at radius 3 is 0.800 bits per heavy atom. The van der Waals surface area contributed by atoms with Gasteiger partial charge in [-0.3, -0.25) is 4.70 Å². The number of hydrogen-bond acceptors (Lipinski definition) is 0. The summed E-state index contributed by atoms with van der Waals surface area (Å²) in [6.45, 7) is 0. The molecular formula is H3Ca2F3. The Balaban J connectivity index is 0. The van der Waals surface area contributed by atoms with Crippen molar-refractivity contribution in [2.75, 3.05) is 0 Å². The van der Waals surface area contributed by atoms with Gasteiger partial charge in [0.2, 0.25) is 0 Å². The van der Waals surface area contributed by atoms with Crippen LogP contribution < -0.4 is 9.41 Å². The second-order valence-electron chi connectivity index (χ2n) is 0. The van der Waals surface area contributed by atoms with Gasteiger partial charge in [-0.2, -0.15) is 0 Å². The maximum Gasteiger partial charge on any atom is 2.00 e. The summed E-state index contributed by atoms with van der Waals surface area (Å²) in [5.41, 5.74) is 0. The molecule has 0 saturated carbocycles. The van der Waals surface area contributed by atoms with Crippen molar-refractivity contribution in [1.29, 1.82) is 0 Å². The zero-order valence-electron chi connectivity index (χ0n) is 4.58. The number of rotatable bonds is 0. The molecule has 0 aromatic carbocycles. The predicted molar refractivity (Wildman–Crippen MR) is 16.2 cm³/mol. The third-order valence-corrected chi connectivity index (χ3v) is 0. The second kappa shape index (κ2) is 33.3. The molecule has 0 aromatic rings. The first-order valence-electron chi connectivity index (χ1n) is 0. The van der Waals surface area contributed by atoms with E-state index in [1.165, 1.54) is 0 Å². The van der Waals surface area contributed by atoms with Gasteiger partial charge in [-0.25, -0.2) is 0 Å². The van der Waals surface area contributed by atoms with Crippen molar-refractivity contribution >= 4 is 75.5 Å². The molecule has 0 aliphatic heterocycles. The van der Waals surface area contributed by atoms with Gasteiger partial charge in [-0.15, -0.1) is 0 Å². The summed E-state index contributed by atoms with van der Waals surface area (Å²) >= 11 is 0. The van der Waals surface area contributed by atoms with Crippen LogP contribution in [0.1, 0.15) is 2.85 Å². The summed E-state index contributed by atoms with van der Waals surface area (Å²) in [5.74, 6) is 0. The predicted octanol–water partition coefficient (Wildman–Crippen LogP) is -6.38. The molecule has 0 amide bonds. The van der Waals surface area contributed by atoms with Crippen molar-refractivity contribution in [2.45, 2.75) is 0 Å². The molecule has 0 nitrogen and oxygen atoms in total. The third-order valence-electron chi connectivity index (χ3n) is 0. The van der Waals surface area contributed by atoms with Gasteiger partial charge in [0, 0.05) is 0 Å². The quantitative estimate of drug-likeness (QED) is 0.294. The first-order chi connectivity index (χ1) is 0. The maximum absolute atomic E-state index is 0. The van der Waals surface area contributed by atoms with Crippen LogP contribution in [-0.2, 0) is 0 Å². The van der Waals surface area contributed by atoms with Crippen LogP contribution in [0.4, 0.5) is 4.70 Å². The van der Waals surface area contributed by atoms with Crippen molar-refractivity contribution in [3.05, 3.63) is 0 Å². The minimum atomic E-state index is 0. The van der Waals surface area contributed by atoms with E-state index in [9.17, 15) is 0 Å². The molecule has 5 heavy (non-hydrogen) atoms. The Hall–Kier alpha value is 2.31. The standard InChI is InChI=1S/2Ca.3FH.2H/h;;3*1H;;/q2*+2;;;;2*-1/p-2. The largest absolute Gasteiger partial charge is 2.00 e. The minimum Gasteiger partial charge on any atom is -1.00 e. The molecule has 0 aliphatic carbocycles. The van der Waals surface area contributed by atoms with E-state index in [1.54, 1.807) is 0 Å². The van der Waals surface area contributed by atoms with Crippen LogP contribution in [0.3, 0.4) is 0 Å². The molecule has 5 heteroatoms. The van der Waals surface area contributed by atoms with E-state index in [1.807, 2.05) is 0 Å². The summed E-state index contributed by atoms with van der Waals surface area (Å²) in [7, 11) is 0. The second-order valence-corrected chi connectivity index (χ2v) is 0. The third kappa shape index (κ3) is 22.0. The first kappa shape index (κ1) is 54.6. The Labute approximate surface area is 90.8 Å². The Morgan fingerprint density at radius 2 is 0.800 bits per heavy atom. The van der Waals surface area contributed by atoms with Crippen LogP contribution >= 0.6 is 0 Å². The topological polar surface area (TPSA) is 0 Å². The zero-order valence-corrected chi connectivity index (χ0v) is 7.00. The summed E-state index contributed by atoms with van der Waals surface area (Å²) in [5, 5.41) is 0. The monoisotopic (exact) mass is 140 g/mol. The summed E-state index contributed by atoms with van der Waals surface area (Å²) < 4.78 is 0. The van der Waals surface area contributed by atoms with Crippen LogP contribution in [0.25, 0.3) is 0 Å². The molecule has 0 aliphatic rings. The zero-order chi connectivity index (χ0) is 0. The number of hydrogen-bond donors (Lipinski definition) is 0. The maximum atomic E-state index is 0. The average Bonchev–Trinajstić information content (AvgIpc) is 0. The molecule has 0 saturated heterocycles. The molecule has 0 rings (SSSR count). The van der Waals surface area contributed by atoms with Crippen LogP contribution in [0.2, 0.25) is 0 Å². The molecule has 0 fully saturated rings. The van der Waals surface area contributed by atoms with E-state index in [2.05, 4.69) is 0 Å². The van der Waals surface area contributed by atoms with E-state index in [0.717, 1.165) is 0 Å². The van der Waals surface area contributed by atoms with E-state index >= 15 is 0 Å². The average molecular weight is 140 g/mol. The smallest absolute Gasteiger partial charge is 1.00 e. The molecule has 28 valence electrons. The minimum absolute atomic E-state index is 0. The van der Waals surface area contributed by atoms with Crippen molar-refractivity contribution in [2.24, 2.45) is 0 Å². The molecule has 0 radical (unpaired) electrons. The van der Waals surface area contributed by atoms with Crippen molar-refractivity contribution in [3.63, 3.8) is 0 Å². The van der Waals surface area contributed by atoms with E-state index in [4.69, 9.17) is 0 Å². The van der Waals surface area contributed by atoms with Gasteiger partial charge >= 0.3 is 75.5 Å². The molecule has 0 bridgehead atoms. The molecule has 0 unspecified atom stereocenters. The Morgan fingerprint density at radius 1 is 0.800 bits per heavy atom. The van der Waals surface area contributed by atoms with Crippen LogP contribution in [0.5, 0.6) is 0 Å². The molecule has 0 atom stereocenters. The van der Waals surface area contributed by atoms with E-state index in [-0.39, 0.29) is 92.4 Å². The molecule has 0 N–H and O–H groups in total. The van der Waals surface area contributed by atoms with E-state index in [0.29, 0.717) is 0 Å². The number of halogens is 3. The Kier molecular flexibility index (Phi) is 364. The summed E-state index contributed by atoms with van der Waals surface area (Å²) in [4.78, 5) is 0. The summed E-state index contributed by atoms with van der Waals surface area (Å²) in [6, 6.07) is 0. The fourth-order valence-electron chi connectivity index (χ4n) is 0. The van der Waals surface area contributed by atoms with Crippen molar-refractivity contribution in [1.82, 2.24) is 0 Å². The van der Waals surface area contributed by atoms with Gasteiger partial charge < -0.3 is 12.3 Å². The van der Waals surface area contributed by atoms with E-state index < -0.39 is 0 Å². The van der Waals surface area contributed by atoms with Gasteiger partial charge in [0.25, 0.3) is 0 Å². The van der Waals surface area contributed by atoms with Gasteiger partial charge in [0.15, 0.2) is 0 Å². The van der Waals surface area contributed by atoms with Crippen LogP contribution in [-0.4, -0.2) is 75.5 Å². The normalized spacial score (nSPS) is 0. The van der Waals surface area contributed by atoms with Gasteiger partial charge in [0.05, 0.1) is 0 Å². The Bertz CT molecular complexity index is 10.9. The molecular weight excluding hydrogens is 137 g/mol. The van der Waals surface area contributed by atoms with Gasteiger partial charge in [0.1, 0.15) is 0 Å².